The van der Waals surface area contributed by atoms with Crippen molar-refractivity contribution in [1.29, 1.82) is 0 Å². The molecule has 2 unspecified atom stereocenters. The fourth-order valence-electron chi connectivity index (χ4n) is 1.68. The van der Waals surface area contributed by atoms with Gasteiger partial charge in [0.1, 0.15) is 0 Å². The second-order valence-electron chi connectivity index (χ2n) is 3.86. The van der Waals surface area contributed by atoms with Crippen molar-refractivity contribution in [3.63, 3.8) is 0 Å². The number of benzene rings is 1. The average Bonchev–Trinajstić information content (AvgIpc) is 2.29. The van der Waals surface area contributed by atoms with E-state index in [-0.39, 0.29) is 24.6 Å². The molecule has 1 aromatic carbocycles. The molecule has 1 aliphatic rings. The van der Waals surface area contributed by atoms with Crippen LogP contribution in [0.15, 0.2) is 30.3 Å². The van der Waals surface area contributed by atoms with Crippen molar-refractivity contribution < 1.29 is 9.47 Å². The molecule has 0 radical (unpaired) electrons. The van der Waals surface area contributed by atoms with Crippen LogP contribution in [0.1, 0.15) is 12.0 Å². The summed E-state index contributed by atoms with van der Waals surface area (Å²) in [5, 5.41) is 0. The van der Waals surface area contributed by atoms with Gasteiger partial charge in [0.15, 0.2) is 0 Å². The zero-order valence-corrected chi connectivity index (χ0v) is 9.99. The van der Waals surface area contributed by atoms with Crippen LogP contribution in [0.2, 0.25) is 0 Å². The lowest BCUT2D eigenvalue weighted by Gasteiger charge is -2.28. The Labute approximate surface area is 102 Å². The molecule has 0 aromatic heterocycles. The Balaban J connectivity index is 0.00000128. The van der Waals surface area contributed by atoms with Crippen LogP contribution < -0.4 is 5.73 Å². The zero-order valence-electron chi connectivity index (χ0n) is 9.17. The molecule has 0 spiro atoms. The first-order valence-corrected chi connectivity index (χ1v) is 5.35. The molecule has 1 aliphatic heterocycles. The van der Waals surface area contributed by atoms with Crippen LogP contribution in [0.5, 0.6) is 0 Å². The van der Waals surface area contributed by atoms with Crippen LogP contribution >= 0.6 is 12.4 Å². The quantitative estimate of drug-likeness (QED) is 0.880. The van der Waals surface area contributed by atoms with Gasteiger partial charge in [-0.05, 0) is 12.0 Å². The Bertz CT molecular complexity index is 294. The highest BCUT2D eigenvalue weighted by Crippen LogP contribution is 2.11. The highest BCUT2D eigenvalue weighted by atomic mass is 35.5. The molecular weight excluding hydrogens is 226 g/mol. The van der Waals surface area contributed by atoms with E-state index in [9.17, 15) is 0 Å². The van der Waals surface area contributed by atoms with Crippen LogP contribution in [0, 0.1) is 0 Å². The number of hydrogen-bond acceptors (Lipinski definition) is 3. The Kier molecular flexibility index (Phi) is 5.77. The highest BCUT2D eigenvalue weighted by molar-refractivity contribution is 5.85. The van der Waals surface area contributed by atoms with E-state index in [1.165, 1.54) is 5.56 Å². The minimum Gasteiger partial charge on any atom is -0.379 e. The number of halogens is 1. The minimum absolute atomic E-state index is 0. The van der Waals surface area contributed by atoms with Crippen molar-refractivity contribution in [2.24, 2.45) is 5.73 Å². The van der Waals surface area contributed by atoms with Crippen LogP contribution in [-0.4, -0.2) is 25.4 Å². The van der Waals surface area contributed by atoms with Gasteiger partial charge >= 0.3 is 0 Å². The summed E-state index contributed by atoms with van der Waals surface area (Å²) in [4.78, 5) is 0. The van der Waals surface area contributed by atoms with Crippen LogP contribution in [0.3, 0.4) is 0 Å². The molecule has 3 nitrogen and oxygen atoms in total. The van der Waals surface area contributed by atoms with Crippen molar-refractivity contribution in [2.45, 2.75) is 25.2 Å². The molecular formula is C12H18ClNO2. The zero-order chi connectivity index (χ0) is 10.5. The molecule has 1 saturated heterocycles. The van der Waals surface area contributed by atoms with Crippen molar-refractivity contribution in [2.75, 3.05) is 13.2 Å². The van der Waals surface area contributed by atoms with E-state index in [0.717, 1.165) is 13.0 Å². The summed E-state index contributed by atoms with van der Waals surface area (Å²) < 4.78 is 11.1. The van der Waals surface area contributed by atoms with Gasteiger partial charge in [-0.2, -0.15) is 0 Å². The third-order valence-corrected chi connectivity index (χ3v) is 2.66. The van der Waals surface area contributed by atoms with Gasteiger partial charge in [0.25, 0.3) is 0 Å². The molecule has 1 heterocycles. The molecule has 16 heavy (non-hydrogen) atoms. The first kappa shape index (κ1) is 13.5. The Hall–Kier alpha value is -0.610. The first-order chi connectivity index (χ1) is 7.36. The van der Waals surface area contributed by atoms with E-state index < -0.39 is 0 Å². The predicted molar refractivity (Wildman–Crippen MR) is 65.7 cm³/mol. The largest absolute Gasteiger partial charge is 0.379 e. The lowest BCUT2D eigenvalue weighted by atomic mass is 10.1. The first-order valence-electron chi connectivity index (χ1n) is 5.35. The van der Waals surface area contributed by atoms with E-state index >= 15 is 0 Å². The maximum absolute atomic E-state index is 5.94. The van der Waals surface area contributed by atoms with E-state index in [1.54, 1.807) is 0 Å². The smallest absolute Gasteiger partial charge is 0.0964 e. The molecule has 1 fully saturated rings. The van der Waals surface area contributed by atoms with Gasteiger partial charge < -0.3 is 15.2 Å². The van der Waals surface area contributed by atoms with E-state index in [2.05, 4.69) is 12.1 Å². The molecule has 0 saturated carbocycles. The fraction of sp³-hybridized carbons (Fsp3) is 0.500. The van der Waals surface area contributed by atoms with Crippen molar-refractivity contribution in [3.05, 3.63) is 35.9 Å². The topological polar surface area (TPSA) is 44.5 Å². The monoisotopic (exact) mass is 243 g/mol. The van der Waals surface area contributed by atoms with Crippen LogP contribution in [0.25, 0.3) is 0 Å². The number of nitrogens with two attached hydrogens (primary N) is 1. The Morgan fingerprint density at radius 1 is 1.31 bits per heavy atom. The molecule has 1 aromatic rings. The van der Waals surface area contributed by atoms with Gasteiger partial charge in [-0.3, -0.25) is 0 Å². The van der Waals surface area contributed by atoms with Crippen molar-refractivity contribution in [1.82, 2.24) is 0 Å². The summed E-state index contributed by atoms with van der Waals surface area (Å²) in [6, 6.07) is 10.2. The third kappa shape index (κ3) is 3.76. The Morgan fingerprint density at radius 2 is 2.06 bits per heavy atom. The maximum atomic E-state index is 5.94. The average molecular weight is 244 g/mol. The summed E-state index contributed by atoms with van der Waals surface area (Å²) in [6.45, 7) is 1.99. The van der Waals surface area contributed by atoms with E-state index in [0.29, 0.717) is 13.2 Å². The predicted octanol–water partition coefficient (Wildman–Crippen LogP) is 1.74. The van der Waals surface area contributed by atoms with Crippen molar-refractivity contribution in [3.8, 4) is 0 Å². The van der Waals surface area contributed by atoms with Gasteiger partial charge in [-0.15, -0.1) is 12.4 Å². The van der Waals surface area contributed by atoms with Gasteiger partial charge in [0, 0.05) is 12.6 Å². The summed E-state index contributed by atoms with van der Waals surface area (Å²) in [6.07, 6.45) is 0.929. The molecule has 0 amide bonds. The Morgan fingerprint density at radius 3 is 2.75 bits per heavy atom. The number of hydrogen-bond donors (Lipinski definition) is 1. The highest BCUT2D eigenvalue weighted by Gasteiger charge is 2.22. The van der Waals surface area contributed by atoms with Gasteiger partial charge in [0.2, 0.25) is 0 Å². The van der Waals surface area contributed by atoms with Gasteiger partial charge in [-0.1, -0.05) is 30.3 Å². The summed E-state index contributed by atoms with van der Waals surface area (Å²) in [7, 11) is 0. The number of rotatable bonds is 3. The lowest BCUT2D eigenvalue weighted by Crippen LogP contribution is -2.44. The van der Waals surface area contributed by atoms with E-state index in [1.807, 2.05) is 18.2 Å². The molecule has 2 atom stereocenters. The summed E-state index contributed by atoms with van der Waals surface area (Å²) in [5.41, 5.74) is 7.11. The normalized spacial score (nSPS) is 24.8. The molecule has 2 N–H and O–H groups in total. The molecule has 4 heteroatoms. The fourth-order valence-corrected chi connectivity index (χ4v) is 1.68. The standard InChI is InChI=1S/C12H17NO2.ClH/c13-11-6-7-14-9-12(11)15-8-10-4-2-1-3-5-10;/h1-5,11-12H,6-9,13H2;1H. The maximum Gasteiger partial charge on any atom is 0.0964 e. The van der Waals surface area contributed by atoms with Crippen molar-refractivity contribution >= 4 is 12.4 Å². The summed E-state index contributed by atoms with van der Waals surface area (Å²) in [5.74, 6) is 0. The molecule has 0 aliphatic carbocycles. The third-order valence-electron chi connectivity index (χ3n) is 2.66. The molecule has 90 valence electrons. The SMILES string of the molecule is Cl.NC1CCOCC1OCc1ccccc1. The van der Waals surface area contributed by atoms with Crippen LogP contribution in [-0.2, 0) is 16.1 Å². The van der Waals surface area contributed by atoms with E-state index in [4.69, 9.17) is 15.2 Å². The minimum atomic E-state index is 0. The van der Waals surface area contributed by atoms with Gasteiger partial charge in [-0.25, -0.2) is 0 Å². The number of ether oxygens (including phenoxy) is 2. The second-order valence-corrected chi connectivity index (χ2v) is 3.86. The lowest BCUT2D eigenvalue weighted by molar-refractivity contribution is -0.0678. The van der Waals surface area contributed by atoms with Gasteiger partial charge in [0.05, 0.1) is 19.3 Å². The molecule has 0 bridgehead atoms. The summed E-state index contributed by atoms with van der Waals surface area (Å²) >= 11 is 0. The molecule has 2 rings (SSSR count). The second kappa shape index (κ2) is 6.86. The van der Waals surface area contributed by atoms with Crippen LogP contribution in [0.4, 0.5) is 0 Å².